The Morgan fingerprint density at radius 1 is 0.622 bits per heavy atom. The predicted molar refractivity (Wildman–Crippen MR) is 108 cm³/mol. The van der Waals surface area contributed by atoms with Gasteiger partial charge in [0.05, 0.1) is 0 Å². The van der Waals surface area contributed by atoms with Crippen LogP contribution in [0.1, 0.15) is 21.0 Å². The molecule has 2 aromatic carbocycles. The summed E-state index contributed by atoms with van der Waals surface area (Å²) < 4.78 is 82.4. The molecule has 190 valence electrons. The number of hydrogen-bond acceptors (Lipinski definition) is 8. The molecule has 0 aliphatic heterocycles. The van der Waals surface area contributed by atoms with Gasteiger partial charge >= 0.3 is 24.2 Å². The van der Waals surface area contributed by atoms with Gasteiger partial charge in [-0.2, -0.15) is 26.3 Å². The quantitative estimate of drug-likeness (QED) is 0.182. The molecule has 0 aliphatic rings. The van der Waals surface area contributed by atoms with Crippen LogP contribution in [0.3, 0.4) is 0 Å². The summed E-state index contributed by atoms with van der Waals surface area (Å²) in [5.74, 6) is -7.27. The fourth-order valence-electron chi connectivity index (χ4n) is 2.60. The van der Waals surface area contributed by atoms with Gasteiger partial charge in [0.25, 0.3) is 11.6 Å². The first kappa shape index (κ1) is 29.2. The molecule has 0 amide bonds. The van der Waals surface area contributed by atoms with Crippen molar-refractivity contribution in [3.05, 3.63) is 72.1 Å². The number of rotatable bonds is 4. The van der Waals surface area contributed by atoms with Crippen molar-refractivity contribution >= 4 is 11.6 Å². The minimum absolute atomic E-state index is 0. The van der Waals surface area contributed by atoms with Gasteiger partial charge in [-0.05, 0) is 24.3 Å². The molecular weight excluding hydrogens is 568 g/mol. The van der Waals surface area contributed by atoms with Crippen molar-refractivity contribution in [2.24, 2.45) is 0 Å². The van der Waals surface area contributed by atoms with E-state index in [1.54, 1.807) is 36.4 Å². The van der Waals surface area contributed by atoms with Crippen LogP contribution in [0.5, 0.6) is 11.9 Å². The van der Waals surface area contributed by atoms with Gasteiger partial charge in [0, 0.05) is 30.6 Å². The Hall–Kier alpha value is -4.00. The number of ketones is 2. The zero-order valence-electron chi connectivity index (χ0n) is 18.2. The average molecular weight is 580 g/mol. The van der Waals surface area contributed by atoms with Gasteiger partial charge in [0.1, 0.15) is 0 Å². The summed E-state index contributed by atoms with van der Waals surface area (Å²) in [7, 11) is 0. The van der Waals surface area contributed by atoms with Gasteiger partial charge in [0.2, 0.25) is 23.2 Å². The summed E-state index contributed by atoms with van der Waals surface area (Å²) in [6, 6.07) is 15.9. The molecule has 0 bridgehead atoms. The molecule has 0 aliphatic carbocycles. The normalized spacial score (nSPS) is 11.2. The molecular formula is C22H12F6N2O6Zn. The monoisotopic (exact) mass is 578 g/mol. The van der Waals surface area contributed by atoms with E-state index in [0.717, 1.165) is 0 Å². The van der Waals surface area contributed by atoms with Crippen LogP contribution in [-0.4, -0.2) is 44.1 Å². The first-order chi connectivity index (χ1) is 16.8. The summed E-state index contributed by atoms with van der Waals surface area (Å²) in [5.41, 5.74) is -1.56. The Bertz CT molecular complexity index is 1260. The summed E-state index contributed by atoms with van der Waals surface area (Å²) in [6.07, 6.45) is -10.2. The number of halogens is 6. The third-order valence-corrected chi connectivity index (χ3v) is 4.21. The second kappa shape index (κ2) is 11.4. The van der Waals surface area contributed by atoms with E-state index in [1.807, 2.05) is 0 Å². The van der Waals surface area contributed by atoms with Crippen LogP contribution in [0, 0.1) is 0 Å². The Morgan fingerprint density at radius 3 is 1.19 bits per heavy atom. The molecule has 0 unspecified atom stereocenters. The van der Waals surface area contributed by atoms with Crippen LogP contribution in [0.15, 0.2) is 69.5 Å². The molecule has 0 radical (unpaired) electrons. The number of Topliss-reactive ketones (excluding diaryl/α,β-unsaturated/α-hetero) is 2. The number of benzene rings is 2. The van der Waals surface area contributed by atoms with E-state index in [9.17, 15) is 46.1 Å². The van der Waals surface area contributed by atoms with E-state index in [4.69, 9.17) is 0 Å². The van der Waals surface area contributed by atoms with Gasteiger partial charge in [-0.1, -0.05) is 36.4 Å². The number of aromatic nitrogens is 2. The van der Waals surface area contributed by atoms with Crippen molar-refractivity contribution in [2.45, 2.75) is 12.4 Å². The third kappa shape index (κ3) is 7.03. The van der Waals surface area contributed by atoms with Crippen LogP contribution in [-0.2, 0) is 19.5 Å². The third-order valence-electron chi connectivity index (χ3n) is 4.21. The van der Waals surface area contributed by atoms with Crippen molar-refractivity contribution in [1.82, 2.24) is 9.97 Å². The smallest absolute Gasteiger partial charge is 0.456 e. The minimum atomic E-state index is -5.11. The molecule has 2 N–H and O–H groups in total. The Labute approximate surface area is 215 Å². The molecule has 15 heteroatoms. The zero-order valence-corrected chi connectivity index (χ0v) is 21.1. The summed E-state index contributed by atoms with van der Waals surface area (Å²) in [5, 5.41) is 18.4. The Morgan fingerprint density at radius 2 is 0.919 bits per heavy atom. The second-order valence-electron chi connectivity index (χ2n) is 6.73. The first-order valence-corrected chi connectivity index (χ1v) is 9.52. The van der Waals surface area contributed by atoms with Crippen molar-refractivity contribution in [1.29, 1.82) is 0 Å². The van der Waals surface area contributed by atoms with Crippen LogP contribution in [0.2, 0.25) is 0 Å². The number of nitrogens with zero attached hydrogens (tertiary/aromatic N) is 2. The second-order valence-corrected chi connectivity index (χ2v) is 6.73. The summed E-state index contributed by atoms with van der Waals surface area (Å²) >= 11 is 0. The largest absolute Gasteiger partial charge is 0.479 e. The minimum Gasteiger partial charge on any atom is -0.479 e. The average Bonchev–Trinajstić information content (AvgIpc) is 3.41. The van der Waals surface area contributed by atoms with E-state index in [2.05, 4.69) is 18.8 Å². The number of oxazole rings is 2. The SMILES string of the molecule is O=C(c1nc(-c2ccccc2)oc1O)C(F)(F)F.O=C(c1nc(-c2ccccc2)oc1O)C(F)(F)F.[Zn]. The van der Waals surface area contributed by atoms with E-state index < -0.39 is 47.2 Å². The van der Waals surface area contributed by atoms with Gasteiger partial charge in [-0.15, -0.1) is 0 Å². The van der Waals surface area contributed by atoms with Gasteiger partial charge in [-0.3, -0.25) is 9.59 Å². The molecule has 37 heavy (non-hydrogen) atoms. The summed E-state index contributed by atoms with van der Waals surface area (Å²) in [6.45, 7) is 0. The van der Waals surface area contributed by atoms with E-state index >= 15 is 0 Å². The topological polar surface area (TPSA) is 127 Å². The first-order valence-electron chi connectivity index (χ1n) is 9.52. The van der Waals surface area contributed by atoms with E-state index in [1.165, 1.54) is 24.3 Å². The van der Waals surface area contributed by atoms with Crippen LogP contribution in [0.4, 0.5) is 26.3 Å². The maximum atomic E-state index is 12.2. The van der Waals surface area contributed by atoms with Crippen LogP contribution < -0.4 is 0 Å². The number of alkyl halides is 6. The maximum absolute atomic E-state index is 12.2. The predicted octanol–water partition coefficient (Wildman–Crippen LogP) is 5.58. The molecule has 0 saturated carbocycles. The van der Waals surface area contributed by atoms with Crippen molar-refractivity contribution in [3.8, 4) is 34.8 Å². The van der Waals surface area contributed by atoms with Crippen molar-refractivity contribution < 1.29 is 74.5 Å². The van der Waals surface area contributed by atoms with Crippen LogP contribution >= 0.6 is 0 Å². The van der Waals surface area contributed by atoms with Gasteiger partial charge < -0.3 is 19.0 Å². The Kier molecular flexibility index (Phi) is 8.99. The van der Waals surface area contributed by atoms with E-state index in [-0.39, 0.29) is 31.3 Å². The number of carbonyl (C=O) groups excluding carboxylic acids is 2. The maximum Gasteiger partial charge on any atom is 0.456 e. The molecule has 2 aromatic heterocycles. The fourth-order valence-corrected chi connectivity index (χ4v) is 2.60. The molecule has 8 nitrogen and oxygen atoms in total. The van der Waals surface area contributed by atoms with Gasteiger partial charge in [0.15, 0.2) is 0 Å². The van der Waals surface area contributed by atoms with E-state index in [0.29, 0.717) is 11.1 Å². The van der Waals surface area contributed by atoms with Gasteiger partial charge in [-0.25, -0.2) is 9.97 Å². The molecule has 4 rings (SSSR count). The molecule has 4 aromatic rings. The molecule has 0 fully saturated rings. The number of hydrogen-bond donors (Lipinski definition) is 2. The molecule has 0 spiro atoms. The van der Waals surface area contributed by atoms with Crippen molar-refractivity contribution in [3.63, 3.8) is 0 Å². The number of aromatic hydroxyl groups is 2. The van der Waals surface area contributed by atoms with Crippen LogP contribution in [0.25, 0.3) is 22.9 Å². The Balaban J connectivity index is 0.000000253. The molecule has 0 atom stereocenters. The number of carbonyl (C=O) groups is 2. The standard InChI is InChI=1S/2C11H6F3NO3.Zn/c2*12-11(13,14)8(16)7-10(17)18-9(15-7)6-4-2-1-3-5-6;/h2*1-5,17H;. The molecule has 2 heterocycles. The molecule has 0 saturated heterocycles. The summed E-state index contributed by atoms with van der Waals surface area (Å²) in [4.78, 5) is 28.6. The zero-order chi connectivity index (χ0) is 26.7. The fraction of sp³-hybridized carbons (Fsp3) is 0.0909. The van der Waals surface area contributed by atoms with Crippen molar-refractivity contribution in [2.75, 3.05) is 0 Å².